The van der Waals surface area contributed by atoms with Gasteiger partial charge in [-0.2, -0.15) is 13.5 Å². The van der Waals surface area contributed by atoms with Crippen molar-refractivity contribution in [3.63, 3.8) is 0 Å². The Morgan fingerprint density at radius 1 is 1.73 bits per heavy atom. The van der Waals surface area contributed by atoms with Crippen LogP contribution in [0.2, 0.25) is 0 Å². The first-order chi connectivity index (χ1) is 7.06. The van der Waals surface area contributed by atoms with Crippen LogP contribution in [-0.2, 0) is 0 Å². The highest BCUT2D eigenvalue weighted by Gasteiger charge is 2.19. The molecule has 0 radical (unpaired) electrons. The van der Waals surface area contributed by atoms with E-state index in [1.807, 2.05) is 6.92 Å². The lowest BCUT2D eigenvalue weighted by molar-refractivity contribution is 0.0512. The van der Waals surface area contributed by atoms with Crippen LogP contribution in [0.5, 0.6) is 0 Å². The number of rotatable bonds is 4. The van der Waals surface area contributed by atoms with Crippen LogP contribution in [0, 0.1) is 0 Å². The molecule has 3 N–H and O–H groups in total. The highest BCUT2D eigenvalue weighted by molar-refractivity contribution is 5.93. The zero-order chi connectivity index (χ0) is 11.4. The van der Waals surface area contributed by atoms with E-state index < -0.39 is 12.5 Å². The topological polar surface area (TPSA) is 72.9 Å². The summed E-state index contributed by atoms with van der Waals surface area (Å²) in [5, 5.41) is 5.79. The van der Waals surface area contributed by atoms with Crippen LogP contribution in [0.3, 0.4) is 0 Å². The molecule has 7 heteroatoms. The van der Waals surface area contributed by atoms with E-state index in [1.54, 1.807) is 0 Å². The Hall–Kier alpha value is -1.66. The third-order valence-corrected chi connectivity index (χ3v) is 1.71. The summed E-state index contributed by atoms with van der Waals surface area (Å²) in [5.41, 5.74) is 5.01. The predicted octanol–water partition coefficient (Wildman–Crippen LogP) is 1.00. The number of carbonyl (C=O) groups is 1. The molecule has 0 saturated carbocycles. The molecule has 1 heterocycles. The maximum Gasteiger partial charge on any atom is 0.334 e. The number of carbonyl (C=O) groups excluding carboxylic acids is 1. The zero-order valence-electron chi connectivity index (χ0n) is 8.20. The van der Waals surface area contributed by atoms with Crippen molar-refractivity contribution in [3.05, 3.63) is 11.8 Å². The molecule has 0 atom stereocenters. The van der Waals surface area contributed by atoms with Crippen LogP contribution in [0.25, 0.3) is 0 Å². The van der Waals surface area contributed by atoms with Crippen molar-refractivity contribution >= 4 is 11.7 Å². The highest BCUT2D eigenvalue weighted by atomic mass is 19.3. The van der Waals surface area contributed by atoms with Gasteiger partial charge in [0.15, 0.2) is 0 Å². The van der Waals surface area contributed by atoms with E-state index in [-0.39, 0.29) is 11.5 Å². The standard InChI is InChI=1S/C8H12F2N4O/c1-2-3-12-7(15)5-4-6(11)13-14(5)8(9)10/h4,8H,2-3H2,1H3,(H2,11,13)(H,12,15). The first-order valence-corrected chi connectivity index (χ1v) is 4.47. The summed E-state index contributed by atoms with van der Waals surface area (Å²) in [5.74, 6) is -0.696. The van der Waals surface area contributed by atoms with Crippen molar-refractivity contribution in [1.29, 1.82) is 0 Å². The Morgan fingerprint density at radius 3 is 2.93 bits per heavy atom. The molecule has 0 fully saturated rings. The van der Waals surface area contributed by atoms with Gasteiger partial charge in [0.2, 0.25) is 0 Å². The quantitative estimate of drug-likeness (QED) is 0.791. The van der Waals surface area contributed by atoms with Gasteiger partial charge in [-0.3, -0.25) is 4.79 Å². The molecular formula is C8H12F2N4O. The van der Waals surface area contributed by atoms with E-state index >= 15 is 0 Å². The molecule has 0 spiro atoms. The Morgan fingerprint density at radius 2 is 2.40 bits per heavy atom. The third-order valence-electron chi connectivity index (χ3n) is 1.71. The molecule has 1 aromatic rings. The first-order valence-electron chi connectivity index (χ1n) is 4.47. The lowest BCUT2D eigenvalue weighted by atomic mass is 10.3. The molecule has 0 aliphatic heterocycles. The Bertz CT molecular complexity index is 350. The van der Waals surface area contributed by atoms with Crippen molar-refractivity contribution in [1.82, 2.24) is 15.1 Å². The van der Waals surface area contributed by atoms with Crippen molar-refractivity contribution in [2.24, 2.45) is 0 Å². The van der Waals surface area contributed by atoms with Crippen LogP contribution in [0.15, 0.2) is 6.07 Å². The van der Waals surface area contributed by atoms with E-state index in [1.165, 1.54) is 0 Å². The number of hydrogen-bond acceptors (Lipinski definition) is 3. The van der Waals surface area contributed by atoms with Gasteiger partial charge in [-0.1, -0.05) is 6.92 Å². The average molecular weight is 218 g/mol. The second-order valence-electron chi connectivity index (χ2n) is 2.93. The fourth-order valence-electron chi connectivity index (χ4n) is 1.06. The summed E-state index contributed by atoms with van der Waals surface area (Å²) in [4.78, 5) is 11.4. The van der Waals surface area contributed by atoms with Gasteiger partial charge in [0.1, 0.15) is 11.5 Å². The van der Waals surface area contributed by atoms with Gasteiger partial charge in [-0.25, -0.2) is 0 Å². The van der Waals surface area contributed by atoms with Crippen molar-refractivity contribution < 1.29 is 13.6 Å². The van der Waals surface area contributed by atoms with Gasteiger partial charge >= 0.3 is 6.55 Å². The van der Waals surface area contributed by atoms with Gasteiger partial charge in [0.05, 0.1) is 0 Å². The number of amides is 1. The summed E-state index contributed by atoms with van der Waals surface area (Å²) in [6, 6.07) is 1.12. The normalized spacial score (nSPS) is 10.7. The summed E-state index contributed by atoms with van der Waals surface area (Å²) in [6.07, 6.45) is 0.726. The number of aromatic nitrogens is 2. The van der Waals surface area contributed by atoms with E-state index in [9.17, 15) is 13.6 Å². The number of halogens is 2. The minimum absolute atomic E-state index is 0.100. The number of nitrogens with one attached hydrogen (secondary N) is 1. The van der Waals surface area contributed by atoms with Crippen molar-refractivity contribution in [3.8, 4) is 0 Å². The zero-order valence-corrected chi connectivity index (χ0v) is 8.20. The second kappa shape index (κ2) is 4.72. The lowest BCUT2D eigenvalue weighted by Gasteiger charge is -2.05. The number of nitrogen functional groups attached to an aromatic ring is 1. The SMILES string of the molecule is CCCNC(=O)c1cc(N)nn1C(F)F. The third kappa shape index (κ3) is 2.64. The molecular weight excluding hydrogens is 206 g/mol. The number of hydrogen-bond donors (Lipinski definition) is 2. The van der Waals surface area contributed by atoms with Gasteiger partial charge in [-0.15, -0.1) is 5.10 Å². The van der Waals surface area contributed by atoms with Crippen LogP contribution in [-0.4, -0.2) is 22.2 Å². The smallest absolute Gasteiger partial charge is 0.334 e. The molecule has 1 aromatic heterocycles. The maximum atomic E-state index is 12.4. The van der Waals surface area contributed by atoms with E-state index in [4.69, 9.17) is 5.73 Å². The number of nitrogens with zero attached hydrogens (tertiary/aromatic N) is 2. The van der Waals surface area contributed by atoms with Crippen LogP contribution < -0.4 is 11.1 Å². The number of anilines is 1. The molecule has 0 aliphatic rings. The highest BCUT2D eigenvalue weighted by Crippen LogP contribution is 2.15. The molecule has 1 rings (SSSR count). The number of nitrogens with two attached hydrogens (primary N) is 1. The van der Waals surface area contributed by atoms with Gasteiger partial charge in [0.25, 0.3) is 5.91 Å². The van der Waals surface area contributed by atoms with Crippen LogP contribution in [0.1, 0.15) is 30.4 Å². The molecule has 0 saturated heterocycles. The van der Waals surface area contributed by atoms with Crippen molar-refractivity contribution in [2.75, 3.05) is 12.3 Å². The maximum absolute atomic E-state index is 12.4. The summed E-state index contributed by atoms with van der Waals surface area (Å²) >= 11 is 0. The molecule has 5 nitrogen and oxygen atoms in total. The van der Waals surface area contributed by atoms with Crippen LogP contribution >= 0.6 is 0 Å². The molecule has 84 valence electrons. The van der Waals surface area contributed by atoms with E-state index in [0.29, 0.717) is 11.2 Å². The second-order valence-corrected chi connectivity index (χ2v) is 2.93. The Balaban J connectivity index is 2.87. The Labute approximate surface area is 85.2 Å². The molecule has 0 bridgehead atoms. The minimum Gasteiger partial charge on any atom is -0.382 e. The largest absolute Gasteiger partial charge is 0.382 e. The van der Waals surface area contributed by atoms with Crippen LogP contribution in [0.4, 0.5) is 14.6 Å². The molecule has 1 amide bonds. The molecule has 0 aliphatic carbocycles. The minimum atomic E-state index is -2.87. The van der Waals surface area contributed by atoms with Gasteiger partial charge in [0, 0.05) is 12.6 Å². The molecule has 15 heavy (non-hydrogen) atoms. The monoisotopic (exact) mass is 218 g/mol. The molecule has 0 aromatic carbocycles. The number of alkyl halides is 2. The van der Waals surface area contributed by atoms with E-state index in [2.05, 4.69) is 10.4 Å². The fraction of sp³-hybridized carbons (Fsp3) is 0.500. The lowest BCUT2D eigenvalue weighted by Crippen LogP contribution is -2.27. The van der Waals surface area contributed by atoms with Crippen molar-refractivity contribution in [2.45, 2.75) is 19.9 Å². The fourth-order valence-corrected chi connectivity index (χ4v) is 1.06. The molecule has 0 unspecified atom stereocenters. The Kier molecular flexibility index (Phi) is 3.59. The summed E-state index contributed by atoms with van der Waals surface area (Å²) in [6.45, 7) is -0.587. The average Bonchev–Trinajstić information content (AvgIpc) is 2.57. The van der Waals surface area contributed by atoms with E-state index in [0.717, 1.165) is 12.5 Å². The predicted molar refractivity (Wildman–Crippen MR) is 50.5 cm³/mol. The first kappa shape index (κ1) is 11.4. The van der Waals surface area contributed by atoms with Gasteiger partial charge in [-0.05, 0) is 6.42 Å². The summed E-state index contributed by atoms with van der Waals surface area (Å²) in [7, 11) is 0. The van der Waals surface area contributed by atoms with Gasteiger partial charge < -0.3 is 11.1 Å². The summed E-state index contributed by atoms with van der Waals surface area (Å²) < 4.78 is 25.1.